The van der Waals surface area contributed by atoms with E-state index < -0.39 is 0 Å². The molecule has 1 nitrogen and oxygen atoms in total. The predicted molar refractivity (Wildman–Crippen MR) is 80.3 cm³/mol. The third-order valence-corrected chi connectivity index (χ3v) is 3.66. The highest BCUT2D eigenvalue weighted by Gasteiger charge is 2.12. The molecule has 19 heavy (non-hydrogen) atoms. The van der Waals surface area contributed by atoms with E-state index in [-0.39, 0.29) is 6.10 Å². The Kier molecular flexibility index (Phi) is 4.75. The van der Waals surface area contributed by atoms with Crippen molar-refractivity contribution in [2.24, 2.45) is 0 Å². The third-order valence-electron chi connectivity index (χ3n) is 3.66. The first kappa shape index (κ1) is 13.8. The normalized spacial score (nSPS) is 12.4. The lowest BCUT2D eigenvalue weighted by molar-refractivity contribution is 0.163. The maximum absolute atomic E-state index is 10.4. The van der Waals surface area contributed by atoms with Crippen LogP contribution in [0.5, 0.6) is 0 Å². The SMILES string of the molecule is Cc1cccc(C)c1C(O)CCCc1ccccc1. The molecule has 2 aromatic carbocycles. The summed E-state index contributed by atoms with van der Waals surface area (Å²) in [6, 6.07) is 16.6. The van der Waals surface area contributed by atoms with E-state index in [0.717, 1.165) is 24.8 Å². The summed E-state index contributed by atoms with van der Waals surface area (Å²) in [5.41, 5.74) is 4.83. The van der Waals surface area contributed by atoms with Crippen LogP contribution in [-0.4, -0.2) is 5.11 Å². The van der Waals surface area contributed by atoms with Gasteiger partial charge in [-0.3, -0.25) is 0 Å². The van der Waals surface area contributed by atoms with Gasteiger partial charge in [0.25, 0.3) is 0 Å². The van der Waals surface area contributed by atoms with E-state index in [0.29, 0.717) is 0 Å². The van der Waals surface area contributed by atoms with Crippen LogP contribution in [0, 0.1) is 13.8 Å². The van der Waals surface area contributed by atoms with Crippen molar-refractivity contribution in [1.29, 1.82) is 0 Å². The Morgan fingerprint density at radius 1 is 0.895 bits per heavy atom. The van der Waals surface area contributed by atoms with Gasteiger partial charge in [-0.25, -0.2) is 0 Å². The van der Waals surface area contributed by atoms with Gasteiger partial charge >= 0.3 is 0 Å². The molecule has 0 saturated carbocycles. The number of aliphatic hydroxyl groups excluding tert-OH is 1. The van der Waals surface area contributed by atoms with E-state index in [2.05, 4.69) is 50.2 Å². The zero-order valence-corrected chi connectivity index (χ0v) is 11.8. The first-order chi connectivity index (χ1) is 9.18. The van der Waals surface area contributed by atoms with Gasteiger partial charge < -0.3 is 5.11 Å². The Balaban J connectivity index is 1.93. The molecule has 100 valence electrons. The zero-order valence-electron chi connectivity index (χ0n) is 11.8. The summed E-state index contributed by atoms with van der Waals surface area (Å²) in [7, 11) is 0. The fourth-order valence-electron chi connectivity index (χ4n) is 2.64. The Labute approximate surface area is 115 Å². The second kappa shape index (κ2) is 6.53. The first-order valence-electron chi connectivity index (χ1n) is 6.96. The number of aryl methyl sites for hydroxylation is 3. The van der Waals surface area contributed by atoms with Gasteiger partial charge in [-0.15, -0.1) is 0 Å². The molecule has 1 N–H and O–H groups in total. The minimum absolute atomic E-state index is 0.343. The molecule has 1 atom stereocenters. The smallest absolute Gasteiger partial charge is 0.0795 e. The molecule has 0 bridgehead atoms. The van der Waals surface area contributed by atoms with Crippen LogP contribution in [0.3, 0.4) is 0 Å². The minimum Gasteiger partial charge on any atom is -0.388 e. The van der Waals surface area contributed by atoms with Crippen molar-refractivity contribution in [3.8, 4) is 0 Å². The molecule has 0 amide bonds. The van der Waals surface area contributed by atoms with Crippen molar-refractivity contribution >= 4 is 0 Å². The van der Waals surface area contributed by atoms with E-state index in [1.807, 2.05) is 12.1 Å². The molecule has 0 radical (unpaired) electrons. The minimum atomic E-state index is -0.343. The molecular weight excluding hydrogens is 232 g/mol. The van der Waals surface area contributed by atoms with Crippen molar-refractivity contribution in [2.45, 2.75) is 39.2 Å². The highest BCUT2D eigenvalue weighted by Crippen LogP contribution is 2.25. The largest absolute Gasteiger partial charge is 0.388 e. The number of benzene rings is 2. The first-order valence-corrected chi connectivity index (χ1v) is 6.96. The summed E-state index contributed by atoms with van der Waals surface area (Å²) in [6.07, 6.45) is 2.52. The fourth-order valence-corrected chi connectivity index (χ4v) is 2.64. The van der Waals surface area contributed by atoms with Gasteiger partial charge in [0.05, 0.1) is 6.10 Å². The topological polar surface area (TPSA) is 20.2 Å². The van der Waals surface area contributed by atoms with Crippen LogP contribution >= 0.6 is 0 Å². The molecule has 0 heterocycles. The molecule has 0 fully saturated rings. The van der Waals surface area contributed by atoms with E-state index in [9.17, 15) is 5.11 Å². The Hall–Kier alpha value is -1.60. The number of aliphatic hydroxyl groups is 1. The summed E-state index contributed by atoms with van der Waals surface area (Å²) in [5, 5.41) is 10.4. The van der Waals surface area contributed by atoms with Gasteiger partial charge in [0.2, 0.25) is 0 Å². The molecule has 0 spiro atoms. The van der Waals surface area contributed by atoms with Gasteiger partial charge in [0.15, 0.2) is 0 Å². The van der Waals surface area contributed by atoms with Gasteiger partial charge in [0, 0.05) is 0 Å². The molecule has 1 unspecified atom stereocenters. The van der Waals surface area contributed by atoms with Crippen LogP contribution in [-0.2, 0) is 6.42 Å². The quantitative estimate of drug-likeness (QED) is 0.840. The van der Waals surface area contributed by atoms with Gasteiger partial charge in [0.1, 0.15) is 0 Å². The average molecular weight is 254 g/mol. The Morgan fingerprint density at radius 3 is 2.16 bits per heavy atom. The highest BCUT2D eigenvalue weighted by atomic mass is 16.3. The zero-order chi connectivity index (χ0) is 13.7. The maximum atomic E-state index is 10.4. The molecule has 0 aliphatic carbocycles. The molecular formula is C18H22O. The average Bonchev–Trinajstić information content (AvgIpc) is 2.40. The summed E-state index contributed by atoms with van der Waals surface area (Å²) in [4.78, 5) is 0. The van der Waals surface area contributed by atoms with Crippen LogP contribution < -0.4 is 0 Å². The summed E-state index contributed by atoms with van der Waals surface area (Å²) in [5.74, 6) is 0. The molecule has 1 heteroatoms. The Morgan fingerprint density at radius 2 is 1.53 bits per heavy atom. The predicted octanol–water partition coefficient (Wildman–Crippen LogP) is 4.36. The summed E-state index contributed by atoms with van der Waals surface area (Å²) >= 11 is 0. The summed E-state index contributed by atoms with van der Waals surface area (Å²) in [6.45, 7) is 4.14. The van der Waals surface area contributed by atoms with Crippen molar-refractivity contribution in [3.63, 3.8) is 0 Å². The lowest BCUT2D eigenvalue weighted by atomic mass is 9.94. The van der Waals surface area contributed by atoms with Crippen molar-refractivity contribution in [3.05, 3.63) is 70.8 Å². The maximum Gasteiger partial charge on any atom is 0.0795 e. The molecule has 0 aromatic heterocycles. The van der Waals surface area contributed by atoms with Crippen molar-refractivity contribution < 1.29 is 5.11 Å². The van der Waals surface area contributed by atoms with Crippen LogP contribution in [0.1, 0.15) is 41.2 Å². The van der Waals surface area contributed by atoms with Crippen LogP contribution in [0.4, 0.5) is 0 Å². The fraction of sp³-hybridized carbons (Fsp3) is 0.333. The van der Waals surface area contributed by atoms with E-state index in [4.69, 9.17) is 0 Å². The van der Waals surface area contributed by atoms with Crippen molar-refractivity contribution in [1.82, 2.24) is 0 Å². The lowest BCUT2D eigenvalue weighted by Gasteiger charge is -2.16. The standard InChI is InChI=1S/C18H22O/c1-14-8-6-9-15(2)18(14)17(19)13-7-12-16-10-4-3-5-11-16/h3-6,8-11,17,19H,7,12-13H2,1-2H3. The Bertz CT molecular complexity index is 496. The van der Waals surface area contributed by atoms with E-state index in [1.54, 1.807) is 0 Å². The monoisotopic (exact) mass is 254 g/mol. The van der Waals surface area contributed by atoms with Gasteiger partial charge in [-0.2, -0.15) is 0 Å². The molecule has 0 aliphatic heterocycles. The summed E-state index contributed by atoms with van der Waals surface area (Å²) < 4.78 is 0. The van der Waals surface area contributed by atoms with Crippen LogP contribution in [0.2, 0.25) is 0 Å². The second-order valence-electron chi connectivity index (χ2n) is 5.20. The lowest BCUT2D eigenvalue weighted by Crippen LogP contribution is -2.03. The third kappa shape index (κ3) is 3.68. The van der Waals surface area contributed by atoms with E-state index >= 15 is 0 Å². The molecule has 2 rings (SSSR count). The van der Waals surface area contributed by atoms with Crippen LogP contribution in [0.25, 0.3) is 0 Å². The molecule has 0 saturated heterocycles. The number of hydrogen-bond acceptors (Lipinski definition) is 1. The molecule has 0 aliphatic rings. The van der Waals surface area contributed by atoms with Gasteiger partial charge in [-0.1, -0.05) is 48.5 Å². The van der Waals surface area contributed by atoms with E-state index in [1.165, 1.54) is 16.7 Å². The number of rotatable bonds is 5. The second-order valence-corrected chi connectivity index (χ2v) is 5.20. The van der Waals surface area contributed by atoms with Crippen molar-refractivity contribution in [2.75, 3.05) is 0 Å². The van der Waals surface area contributed by atoms with Crippen LogP contribution in [0.15, 0.2) is 48.5 Å². The number of hydrogen-bond donors (Lipinski definition) is 1. The highest BCUT2D eigenvalue weighted by molar-refractivity contribution is 5.35. The van der Waals surface area contributed by atoms with Gasteiger partial charge in [-0.05, 0) is 55.4 Å². The molecule has 2 aromatic rings.